The van der Waals surface area contributed by atoms with Gasteiger partial charge < -0.3 is 19.6 Å². The zero-order chi connectivity index (χ0) is 15.0. The number of hydrogen-bond donors (Lipinski definition) is 1. The molecule has 0 unspecified atom stereocenters. The van der Waals surface area contributed by atoms with Crippen LogP contribution in [0, 0.1) is 0 Å². The van der Waals surface area contributed by atoms with Crippen molar-refractivity contribution in [3.05, 3.63) is 0 Å². The predicted octanol–water partition coefficient (Wildman–Crippen LogP) is 1.79. The molecular formula is C14H26N2O4. The fraction of sp³-hybridized carbons (Fsp3) is 0.857. The van der Waals surface area contributed by atoms with Gasteiger partial charge in [-0.3, -0.25) is 4.79 Å². The Bertz CT molecular complexity index is 316. The van der Waals surface area contributed by atoms with Gasteiger partial charge >= 0.3 is 12.0 Å². The van der Waals surface area contributed by atoms with Gasteiger partial charge in [0.25, 0.3) is 0 Å². The number of carbonyl (C=O) groups excluding carboxylic acids is 1. The first-order valence-corrected chi connectivity index (χ1v) is 7.45. The quantitative estimate of drug-likeness (QED) is 0.691. The lowest BCUT2D eigenvalue weighted by Gasteiger charge is -2.33. The smallest absolute Gasteiger partial charge is 0.323 e. The molecule has 1 N–H and O–H groups in total. The van der Waals surface area contributed by atoms with Gasteiger partial charge in [-0.1, -0.05) is 12.8 Å². The van der Waals surface area contributed by atoms with Gasteiger partial charge in [0.2, 0.25) is 0 Å². The highest BCUT2D eigenvalue weighted by molar-refractivity contribution is 5.80. The molecule has 0 atom stereocenters. The van der Waals surface area contributed by atoms with Crippen molar-refractivity contribution in [3.63, 3.8) is 0 Å². The van der Waals surface area contributed by atoms with Crippen LogP contribution in [0.4, 0.5) is 4.79 Å². The van der Waals surface area contributed by atoms with Crippen LogP contribution in [0.15, 0.2) is 0 Å². The minimum Gasteiger partial charge on any atom is -0.480 e. The Balaban J connectivity index is 2.65. The number of carbonyl (C=O) groups is 2. The molecule has 6 nitrogen and oxygen atoms in total. The Morgan fingerprint density at radius 1 is 1.25 bits per heavy atom. The van der Waals surface area contributed by atoms with Crippen LogP contribution < -0.4 is 0 Å². The molecule has 0 aromatic heterocycles. The van der Waals surface area contributed by atoms with E-state index in [1.807, 2.05) is 13.8 Å². The zero-order valence-electron chi connectivity index (χ0n) is 12.5. The third kappa shape index (κ3) is 5.00. The van der Waals surface area contributed by atoms with E-state index >= 15 is 0 Å². The summed E-state index contributed by atoms with van der Waals surface area (Å²) in [5.74, 6) is -0.953. The van der Waals surface area contributed by atoms with E-state index in [-0.39, 0.29) is 18.6 Å². The van der Waals surface area contributed by atoms with E-state index < -0.39 is 5.97 Å². The number of likely N-dealkylation sites (N-methyl/N-ethyl adjacent to an activating group) is 1. The fourth-order valence-electron chi connectivity index (χ4n) is 2.60. The highest BCUT2D eigenvalue weighted by atomic mass is 16.5. The van der Waals surface area contributed by atoms with Gasteiger partial charge in [-0.05, 0) is 26.7 Å². The maximum Gasteiger partial charge on any atom is 0.323 e. The number of carboxylic acids is 1. The van der Waals surface area contributed by atoms with Gasteiger partial charge in [0.1, 0.15) is 6.54 Å². The molecule has 0 bridgehead atoms. The largest absolute Gasteiger partial charge is 0.480 e. The topological polar surface area (TPSA) is 70.1 Å². The number of aliphatic carboxylic acids is 1. The van der Waals surface area contributed by atoms with Crippen LogP contribution in [0.5, 0.6) is 0 Å². The molecule has 1 saturated carbocycles. The van der Waals surface area contributed by atoms with Crippen molar-refractivity contribution >= 4 is 12.0 Å². The Kier molecular flexibility index (Phi) is 7.36. The average molecular weight is 286 g/mol. The van der Waals surface area contributed by atoms with E-state index in [0.29, 0.717) is 26.3 Å². The number of amides is 2. The number of carboxylic acid groups (broad SMARTS) is 1. The van der Waals surface area contributed by atoms with E-state index in [1.165, 1.54) is 4.90 Å². The first-order chi connectivity index (χ1) is 9.60. The molecule has 0 heterocycles. The van der Waals surface area contributed by atoms with E-state index in [4.69, 9.17) is 9.84 Å². The van der Waals surface area contributed by atoms with Crippen molar-refractivity contribution in [2.75, 3.05) is 32.8 Å². The van der Waals surface area contributed by atoms with Crippen LogP contribution in [0.3, 0.4) is 0 Å². The Labute approximate surface area is 120 Å². The molecule has 1 fully saturated rings. The lowest BCUT2D eigenvalue weighted by atomic mass is 10.2. The first-order valence-electron chi connectivity index (χ1n) is 7.45. The van der Waals surface area contributed by atoms with Gasteiger partial charge in [0.15, 0.2) is 0 Å². The van der Waals surface area contributed by atoms with Crippen LogP contribution in [-0.2, 0) is 9.53 Å². The van der Waals surface area contributed by atoms with Gasteiger partial charge in [0, 0.05) is 25.7 Å². The van der Waals surface area contributed by atoms with Crippen molar-refractivity contribution in [2.24, 2.45) is 0 Å². The molecule has 20 heavy (non-hydrogen) atoms. The summed E-state index contributed by atoms with van der Waals surface area (Å²) in [4.78, 5) is 26.7. The summed E-state index contributed by atoms with van der Waals surface area (Å²) in [6, 6.07) is -0.110. The van der Waals surface area contributed by atoms with Crippen molar-refractivity contribution in [1.29, 1.82) is 0 Å². The van der Waals surface area contributed by atoms with Crippen LogP contribution >= 0.6 is 0 Å². The molecule has 0 aromatic carbocycles. The molecular weight excluding hydrogens is 260 g/mol. The van der Waals surface area contributed by atoms with E-state index in [9.17, 15) is 9.59 Å². The maximum absolute atomic E-state index is 12.5. The van der Waals surface area contributed by atoms with E-state index in [1.54, 1.807) is 4.90 Å². The monoisotopic (exact) mass is 286 g/mol. The molecule has 0 saturated heterocycles. The Morgan fingerprint density at radius 3 is 2.40 bits per heavy atom. The summed E-state index contributed by atoms with van der Waals surface area (Å²) < 4.78 is 5.27. The molecule has 1 rings (SSSR count). The standard InChI is InChI=1S/C14H26N2O4/c1-3-15(9-10-20-4-2)14(19)16(11-13(17)18)12-7-5-6-8-12/h12H,3-11H2,1-2H3,(H,17,18). The SMILES string of the molecule is CCOCCN(CC)C(=O)N(CC(=O)O)C1CCCC1. The van der Waals surface area contributed by atoms with Gasteiger partial charge in [-0.2, -0.15) is 0 Å². The highest BCUT2D eigenvalue weighted by Gasteiger charge is 2.30. The average Bonchev–Trinajstić information content (AvgIpc) is 2.94. The summed E-state index contributed by atoms with van der Waals surface area (Å²) in [7, 11) is 0. The van der Waals surface area contributed by atoms with Crippen molar-refractivity contribution in [1.82, 2.24) is 9.80 Å². The second-order valence-corrected chi connectivity index (χ2v) is 5.02. The summed E-state index contributed by atoms with van der Waals surface area (Å²) in [5.41, 5.74) is 0. The van der Waals surface area contributed by atoms with Crippen LogP contribution in [0.2, 0.25) is 0 Å². The molecule has 116 valence electrons. The Morgan fingerprint density at radius 2 is 1.90 bits per heavy atom. The van der Waals surface area contributed by atoms with Crippen molar-refractivity contribution in [2.45, 2.75) is 45.6 Å². The van der Waals surface area contributed by atoms with Crippen LogP contribution in [-0.4, -0.2) is 65.8 Å². The van der Waals surface area contributed by atoms with E-state index in [2.05, 4.69) is 0 Å². The molecule has 0 aromatic rings. The molecule has 0 aliphatic heterocycles. The zero-order valence-corrected chi connectivity index (χ0v) is 12.5. The van der Waals surface area contributed by atoms with Crippen molar-refractivity contribution in [3.8, 4) is 0 Å². The molecule has 0 radical (unpaired) electrons. The number of nitrogens with zero attached hydrogens (tertiary/aromatic N) is 2. The lowest BCUT2D eigenvalue weighted by Crippen LogP contribution is -2.50. The first kappa shape index (κ1) is 16.8. The minimum absolute atomic E-state index is 0.0692. The second-order valence-electron chi connectivity index (χ2n) is 5.02. The third-order valence-electron chi connectivity index (χ3n) is 3.68. The van der Waals surface area contributed by atoms with Crippen LogP contribution in [0.25, 0.3) is 0 Å². The molecule has 0 spiro atoms. The third-order valence-corrected chi connectivity index (χ3v) is 3.68. The molecule has 1 aliphatic carbocycles. The van der Waals surface area contributed by atoms with E-state index in [0.717, 1.165) is 25.7 Å². The van der Waals surface area contributed by atoms with Gasteiger partial charge in [-0.15, -0.1) is 0 Å². The number of urea groups is 1. The van der Waals surface area contributed by atoms with Crippen molar-refractivity contribution < 1.29 is 19.4 Å². The number of ether oxygens (including phenoxy) is 1. The maximum atomic E-state index is 12.5. The minimum atomic E-state index is -0.953. The lowest BCUT2D eigenvalue weighted by molar-refractivity contribution is -0.138. The fourth-order valence-corrected chi connectivity index (χ4v) is 2.60. The van der Waals surface area contributed by atoms with Gasteiger partial charge in [-0.25, -0.2) is 4.79 Å². The molecule has 2 amide bonds. The second kappa shape index (κ2) is 8.79. The number of hydrogen-bond acceptors (Lipinski definition) is 3. The highest BCUT2D eigenvalue weighted by Crippen LogP contribution is 2.24. The molecule has 1 aliphatic rings. The van der Waals surface area contributed by atoms with Gasteiger partial charge in [0.05, 0.1) is 6.61 Å². The summed E-state index contributed by atoms with van der Waals surface area (Å²) >= 11 is 0. The summed E-state index contributed by atoms with van der Waals surface area (Å²) in [6.07, 6.45) is 3.95. The predicted molar refractivity (Wildman–Crippen MR) is 75.7 cm³/mol. The molecule has 6 heteroatoms. The normalized spacial score (nSPS) is 15.3. The summed E-state index contributed by atoms with van der Waals surface area (Å²) in [6.45, 7) is 5.77. The Hall–Kier alpha value is -1.30. The number of rotatable bonds is 8. The van der Waals surface area contributed by atoms with Crippen LogP contribution in [0.1, 0.15) is 39.5 Å². The summed E-state index contributed by atoms with van der Waals surface area (Å²) in [5, 5.41) is 9.02.